The Labute approximate surface area is 81.5 Å². The van der Waals surface area contributed by atoms with E-state index < -0.39 is 0 Å². The van der Waals surface area contributed by atoms with Crippen molar-refractivity contribution in [1.82, 2.24) is 10.6 Å². The van der Waals surface area contributed by atoms with E-state index in [9.17, 15) is 0 Å². The highest BCUT2D eigenvalue weighted by Crippen LogP contribution is 2.13. The van der Waals surface area contributed by atoms with Crippen molar-refractivity contribution in [1.29, 1.82) is 0 Å². The number of hydrogen-bond acceptors (Lipinski definition) is 3. The molecule has 4 N–H and O–H groups in total. The van der Waals surface area contributed by atoms with Crippen LogP contribution in [-0.2, 0) is 0 Å². The minimum absolute atomic E-state index is 0.241. The SMILES string of the molecule is CC1CCNC(C)NC(C(C)N)C1. The molecular weight excluding hydrogens is 162 g/mol. The van der Waals surface area contributed by atoms with Crippen molar-refractivity contribution in [3.8, 4) is 0 Å². The van der Waals surface area contributed by atoms with Gasteiger partial charge in [-0.1, -0.05) is 6.92 Å². The summed E-state index contributed by atoms with van der Waals surface area (Å²) in [6.07, 6.45) is 2.85. The number of hydrogen-bond donors (Lipinski definition) is 3. The zero-order chi connectivity index (χ0) is 9.84. The summed E-state index contributed by atoms with van der Waals surface area (Å²) >= 11 is 0. The van der Waals surface area contributed by atoms with Crippen LogP contribution in [0.5, 0.6) is 0 Å². The minimum Gasteiger partial charge on any atom is -0.327 e. The predicted molar refractivity (Wildman–Crippen MR) is 56.4 cm³/mol. The van der Waals surface area contributed by atoms with Crippen LogP contribution in [0.1, 0.15) is 33.6 Å². The molecule has 1 aliphatic heterocycles. The molecule has 0 radical (unpaired) electrons. The average Bonchev–Trinajstić information content (AvgIpc) is 1.99. The maximum atomic E-state index is 5.92. The van der Waals surface area contributed by atoms with Gasteiger partial charge in [-0.15, -0.1) is 0 Å². The third kappa shape index (κ3) is 3.63. The van der Waals surface area contributed by atoms with E-state index >= 15 is 0 Å². The molecule has 0 aliphatic carbocycles. The first-order valence-electron chi connectivity index (χ1n) is 5.34. The molecule has 0 aromatic heterocycles. The largest absolute Gasteiger partial charge is 0.327 e. The molecule has 3 heteroatoms. The highest BCUT2D eigenvalue weighted by atomic mass is 15.1. The Balaban J connectivity index is 2.48. The quantitative estimate of drug-likeness (QED) is 0.562. The lowest BCUT2D eigenvalue weighted by atomic mass is 9.93. The van der Waals surface area contributed by atoms with Crippen molar-refractivity contribution in [2.75, 3.05) is 6.54 Å². The van der Waals surface area contributed by atoms with Crippen LogP contribution in [0.4, 0.5) is 0 Å². The fourth-order valence-electron chi connectivity index (χ4n) is 1.91. The van der Waals surface area contributed by atoms with Crippen molar-refractivity contribution in [2.24, 2.45) is 11.7 Å². The molecule has 0 aromatic rings. The lowest BCUT2D eigenvalue weighted by molar-refractivity contribution is 0.272. The summed E-state index contributed by atoms with van der Waals surface area (Å²) in [4.78, 5) is 0. The molecule has 0 spiro atoms. The second kappa shape index (κ2) is 4.94. The Morgan fingerprint density at radius 1 is 1.38 bits per heavy atom. The second-order valence-corrected chi connectivity index (χ2v) is 4.44. The van der Waals surface area contributed by atoms with Crippen molar-refractivity contribution in [2.45, 2.75) is 51.9 Å². The van der Waals surface area contributed by atoms with E-state index in [0.717, 1.165) is 12.5 Å². The summed E-state index contributed by atoms with van der Waals surface area (Å²) in [5.74, 6) is 0.767. The van der Waals surface area contributed by atoms with Gasteiger partial charge in [-0.25, -0.2) is 0 Å². The molecule has 4 unspecified atom stereocenters. The first-order chi connectivity index (χ1) is 6.09. The number of nitrogens with one attached hydrogen (secondary N) is 2. The van der Waals surface area contributed by atoms with E-state index in [0.29, 0.717) is 12.2 Å². The summed E-state index contributed by atoms with van der Waals surface area (Å²) in [6.45, 7) is 7.65. The van der Waals surface area contributed by atoms with Crippen molar-refractivity contribution in [3.63, 3.8) is 0 Å². The van der Waals surface area contributed by atoms with E-state index in [2.05, 4.69) is 31.4 Å². The Morgan fingerprint density at radius 2 is 2.08 bits per heavy atom. The van der Waals surface area contributed by atoms with Gasteiger partial charge in [0.1, 0.15) is 0 Å². The lowest BCUT2D eigenvalue weighted by Gasteiger charge is -2.32. The first-order valence-corrected chi connectivity index (χ1v) is 5.34. The summed E-state index contributed by atoms with van der Waals surface area (Å²) in [7, 11) is 0. The van der Waals surface area contributed by atoms with Crippen LogP contribution >= 0.6 is 0 Å². The standard InChI is InChI=1S/C10H23N3/c1-7-4-5-12-9(3)13-10(6-7)8(2)11/h7-10,12-13H,4-6,11H2,1-3H3. The van der Waals surface area contributed by atoms with Crippen LogP contribution in [0.25, 0.3) is 0 Å². The van der Waals surface area contributed by atoms with E-state index in [1.54, 1.807) is 0 Å². The molecule has 1 heterocycles. The molecule has 0 amide bonds. The van der Waals surface area contributed by atoms with Gasteiger partial charge in [0.2, 0.25) is 0 Å². The summed E-state index contributed by atoms with van der Waals surface area (Å²) in [6, 6.07) is 0.697. The Morgan fingerprint density at radius 3 is 2.69 bits per heavy atom. The van der Waals surface area contributed by atoms with E-state index in [4.69, 9.17) is 5.73 Å². The Bertz CT molecular complexity index is 135. The molecule has 0 bridgehead atoms. The molecule has 1 fully saturated rings. The Hall–Kier alpha value is -0.120. The third-order valence-electron chi connectivity index (χ3n) is 2.84. The topological polar surface area (TPSA) is 50.1 Å². The highest BCUT2D eigenvalue weighted by molar-refractivity contribution is 4.82. The zero-order valence-corrected chi connectivity index (χ0v) is 9.01. The molecule has 4 atom stereocenters. The summed E-state index contributed by atoms with van der Waals surface area (Å²) in [5, 5.41) is 6.95. The fraction of sp³-hybridized carbons (Fsp3) is 1.00. The van der Waals surface area contributed by atoms with Crippen LogP contribution in [0.15, 0.2) is 0 Å². The molecule has 0 aromatic carbocycles. The van der Waals surface area contributed by atoms with Gasteiger partial charge in [0.15, 0.2) is 0 Å². The van der Waals surface area contributed by atoms with Gasteiger partial charge in [0.25, 0.3) is 0 Å². The van der Waals surface area contributed by atoms with E-state index in [1.807, 2.05) is 0 Å². The van der Waals surface area contributed by atoms with E-state index in [1.165, 1.54) is 12.8 Å². The second-order valence-electron chi connectivity index (χ2n) is 4.44. The minimum atomic E-state index is 0.241. The lowest BCUT2D eigenvalue weighted by Crippen LogP contribution is -2.54. The summed E-state index contributed by atoms with van der Waals surface area (Å²) < 4.78 is 0. The molecule has 0 saturated carbocycles. The maximum Gasteiger partial charge on any atom is 0.0545 e. The van der Waals surface area contributed by atoms with Gasteiger partial charge in [-0.05, 0) is 39.2 Å². The van der Waals surface area contributed by atoms with Gasteiger partial charge >= 0.3 is 0 Å². The van der Waals surface area contributed by atoms with Gasteiger partial charge in [-0.2, -0.15) is 0 Å². The van der Waals surface area contributed by atoms with Crippen LogP contribution in [0.2, 0.25) is 0 Å². The van der Waals surface area contributed by atoms with E-state index in [-0.39, 0.29) is 6.04 Å². The van der Waals surface area contributed by atoms with Crippen LogP contribution in [-0.4, -0.2) is 24.8 Å². The first kappa shape index (κ1) is 11.0. The van der Waals surface area contributed by atoms with Crippen LogP contribution < -0.4 is 16.4 Å². The molecule has 78 valence electrons. The molecular formula is C10H23N3. The maximum absolute atomic E-state index is 5.92. The fourth-order valence-corrected chi connectivity index (χ4v) is 1.91. The molecule has 1 rings (SSSR count). The number of nitrogens with two attached hydrogens (primary N) is 1. The van der Waals surface area contributed by atoms with Crippen molar-refractivity contribution >= 4 is 0 Å². The normalized spacial score (nSPS) is 39.2. The van der Waals surface area contributed by atoms with Crippen molar-refractivity contribution < 1.29 is 0 Å². The van der Waals surface area contributed by atoms with Gasteiger partial charge in [0, 0.05) is 12.1 Å². The third-order valence-corrected chi connectivity index (χ3v) is 2.84. The number of rotatable bonds is 1. The Kier molecular flexibility index (Phi) is 4.16. The molecule has 1 saturated heterocycles. The van der Waals surface area contributed by atoms with Crippen molar-refractivity contribution in [3.05, 3.63) is 0 Å². The van der Waals surface area contributed by atoms with Crippen LogP contribution in [0, 0.1) is 5.92 Å². The molecule has 13 heavy (non-hydrogen) atoms. The predicted octanol–water partition coefficient (Wildman–Crippen LogP) is 0.657. The summed E-state index contributed by atoms with van der Waals surface area (Å²) in [5.41, 5.74) is 5.92. The van der Waals surface area contributed by atoms with Gasteiger partial charge in [0.05, 0.1) is 6.17 Å². The van der Waals surface area contributed by atoms with Gasteiger partial charge in [-0.3, -0.25) is 5.32 Å². The average molecular weight is 185 g/mol. The molecule has 1 aliphatic rings. The monoisotopic (exact) mass is 185 g/mol. The van der Waals surface area contributed by atoms with Gasteiger partial charge < -0.3 is 11.1 Å². The zero-order valence-electron chi connectivity index (χ0n) is 9.01. The highest BCUT2D eigenvalue weighted by Gasteiger charge is 2.20. The smallest absolute Gasteiger partial charge is 0.0545 e. The van der Waals surface area contributed by atoms with Crippen LogP contribution in [0.3, 0.4) is 0 Å². The molecule has 3 nitrogen and oxygen atoms in total.